The summed E-state index contributed by atoms with van der Waals surface area (Å²) in [5.74, 6) is -0.388. The molecule has 0 radical (unpaired) electrons. The minimum atomic E-state index is -0.450. The highest BCUT2D eigenvalue weighted by molar-refractivity contribution is 6.31. The average Bonchev–Trinajstić information content (AvgIpc) is 3.28. The van der Waals surface area contributed by atoms with E-state index in [-0.39, 0.29) is 5.91 Å². The van der Waals surface area contributed by atoms with Gasteiger partial charge in [-0.2, -0.15) is 9.78 Å². The van der Waals surface area contributed by atoms with E-state index in [9.17, 15) is 9.59 Å². The number of nitrogens with zero attached hydrogens (tertiary/aromatic N) is 2. The molecule has 0 saturated heterocycles. The van der Waals surface area contributed by atoms with Gasteiger partial charge >= 0.3 is 5.97 Å². The lowest BCUT2D eigenvalue weighted by Crippen LogP contribution is -2.11. The number of aryl methyl sites for hydroxylation is 3. The van der Waals surface area contributed by atoms with E-state index in [0.29, 0.717) is 33.4 Å². The fourth-order valence-electron chi connectivity index (χ4n) is 4.55. The Labute approximate surface area is 238 Å². The lowest BCUT2D eigenvalue weighted by Gasteiger charge is -2.12. The highest BCUT2D eigenvalue weighted by atomic mass is 35.5. The highest BCUT2D eigenvalue weighted by Crippen LogP contribution is 2.42. The minimum Gasteiger partial charge on any atom is -0.407 e. The van der Waals surface area contributed by atoms with Crippen LogP contribution in [0.3, 0.4) is 0 Å². The van der Waals surface area contributed by atoms with Gasteiger partial charge in [0, 0.05) is 28.8 Å². The molecule has 1 amide bonds. The minimum absolute atomic E-state index is 0.265. The first kappa shape index (κ1) is 26.9. The Hall–Kier alpha value is -4.68. The van der Waals surface area contributed by atoms with E-state index in [0.717, 1.165) is 33.5 Å². The monoisotopic (exact) mass is 549 g/mol. The van der Waals surface area contributed by atoms with Crippen LogP contribution >= 0.6 is 11.6 Å². The second kappa shape index (κ2) is 11.2. The van der Waals surface area contributed by atoms with Crippen molar-refractivity contribution in [3.8, 4) is 34.0 Å². The van der Waals surface area contributed by atoms with Crippen molar-refractivity contribution in [3.63, 3.8) is 0 Å². The van der Waals surface area contributed by atoms with E-state index in [1.54, 1.807) is 28.9 Å². The molecule has 0 aliphatic carbocycles. The third-order valence-electron chi connectivity index (χ3n) is 6.49. The second-order valence-corrected chi connectivity index (χ2v) is 10.2. The summed E-state index contributed by atoms with van der Waals surface area (Å²) in [4.78, 5) is 25.1. The van der Waals surface area contributed by atoms with Crippen molar-refractivity contribution in [3.05, 3.63) is 118 Å². The van der Waals surface area contributed by atoms with Gasteiger partial charge in [0.05, 0.1) is 11.3 Å². The van der Waals surface area contributed by atoms with E-state index in [1.165, 1.54) is 6.92 Å². The molecule has 0 spiro atoms. The molecule has 0 aliphatic rings. The molecule has 5 aromatic rings. The molecule has 0 aliphatic heterocycles. The number of carbonyl (C=O) groups excluding carboxylic acids is 2. The van der Waals surface area contributed by atoms with Gasteiger partial charge in [0.2, 0.25) is 5.88 Å². The molecule has 0 bridgehead atoms. The van der Waals surface area contributed by atoms with Crippen LogP contribution in [0, 0.1) is 20.8 Å². The molecular weight excluding hydrogens is 522 g/mol. The molecule has 40 heavy (non-hydrogen) atoms. The molecule has 200 valence electrons. The molecule has 0 unspecified atom stereocenters. The Morgan fingerprint density at radius 1 is 0.825 bits per heavy atom. The molecule has 4 aromatic carbocycles. The Morgan fingerprint density at radius 2 is 1.55 bits per heavy atom. The first-order valence-electron chi connectivity index (χ1n) is 12.8. The van der Waals surface area contributed by atoms with Gasteiger partial charge in [0.1, 0.15) is 5.69 Å². The molecule has 1 N–H and O–H groups in total. The zero-order valence-corrected chi connectivity index (χ0v) is 23.4. The van der Waals surface area contributed by atoms with Crippen LogP contribution in [0.4, 0.5) is 5.69 Å². The maximum atomic E-state index is 12.7. The van der Waals surface area contributed by atoms with Crippen molar-refractivity contribution in [2.75, 3.05) is 5.32 Å². The Morgan fingerprint density at radius 3 is 2.25 bits per heavy atom. The number of benzene rings is 4. The standard InChI is InChI=1S/C33H28ClN3O3/c1-20-7-5-8-25(17-20)31-30(33(40-23(4)38)37(36-31)29-18-21(2)11-12-22(29)3)24-13-15-28(16-14-24)35-32(39)26-9-6-10-27(34)19-26/h5-19H,1-4H3,(H,35,39). The summed E-state index contributed by atoms with van der Waals surface area (Å²) in [6.45, 7) is 7.41. The van der Waals surface area contributed by atoms with Crippen LogP contribution in [-0.4, -0.2) is 21.7 Å². The molecular formula is C33H28ClN3O3. The zero-order valence-electron chi connectivity index (χ0n) is 22.7. The molecule has 0 saturated carbocycles. The summed E-state index contributed by atoms with van der Waals surface area (Å²) in [5, 5.41) is 8.40. The van der Waals surface area contributed by atoms with Gasteiger partial charge < -0.3 is 10.1 Å². The van der Waals surface area contributed by atoms with E-state index < -0.39 is 5.97 Å². The summed E-state index contributed by atoms with van der Waals surface area (Å²) >= 11 is 6.05. The number of rotatable bonds is 6. The molecule has 7 heteroatoms. The number of hydrogen-bond donors (Lipinski definition) is 1. The molecule has 0 atom stereocenters. The maximum absolute atomic E-state index is 12.7. The topological polar surface area (TPSA) is 73.2 Å². The van der Waals surface area contributed by atoms with Crippen molar-refractivity contribution in [1.29, 1.82) is 0 Å². The molecule has 0 fully saturated rings. The van der Waals surface area contributed by atoms with Gasteiger partial charge in [-0.25, -0.2) is 0 Å². The number of halogens is 1. The van der Waals surface area contributed by atoms with Gasteiger partial charge in [-0.3, -0.25) is 9.59 Å². The highest BCUT2D eigenvalue weighted by Gasteiger charge is 2.25. The van der Waals surface area contributed by atoms with Crippen LogP contribution in [0.15, 0.2) is 91.0 Å². The normalized spacial score (nSPS) is 10.8. The smallest absolute Gasteiger partial charge is 0.309 e. The summed E-state index contributed by atoms with van der Waals surface area (Å²) in [5.41, 5.74) is 8.06. The Bertz CT molecular complexity index is 1740. The first-order valence-corrected chi connectivity index (χ1v) is 13.2. The van der Waals surface area contributed by atoms with Crippen LogP contribution in [0.1, 0.15) is 34.0 Å². The van der Waals surface area contributed by atoms with Crippen LogP contribution < -0.4 is 10.1 Å². The zero-order chi connectivity index (χ0) is 28.4. The van der Waals surface area contributed by atoms with Crippen LogP contribution in [0.5, 0.6) is 5.88 Å². The second-order valence-electron chi connectivity index (χ2n) is 9.74. The van der Waals surface area contributed by atoms with Crippen molar-refractivity contribution >= 4 is 29.2 Å². The van der Waals surface area contributed by atoms with Gasteiger partial charge in [-0.05, 0) is 79.9 Å². The lowest BCUT2D eigenvalue weighted by atomic mass is 9.99. The van der Waals surface area contributed by atoms with Crippen molar-refractivity contribution in [1.82, 2.24) is 9.78 Å². The number of carbonyl (C=O) groups is 2. The third kappa shape index (κ3) is 5.67. The Kier molecular flexibility index (Phi) is 7.54. The molecule has 6 nitrogen and oxygen atoms in total. The summed E-state index contributed by atoms with van der Waals surface area (Å²) in [6, 6.07) is 28.3. The number of aromatic nitrogens is 2. The Balaban J connectivity index is 1.64. The number of nitrogens with one attached hydrogen (secondary N) is 1. The number of esters is 1. The van der Waals surface area contributed by atoms with Crippen LogP contribution in [-0.2, 0) is 4.79 Å². The molecule has 1 heterocycles. The SMILES string of the molecule is CC(=O)Oc1c(-c2ccc(NC(=O)c3cccc(Cl)c3)cc2)c(-c2cccc(C)c2)nn1-c1cc(C)ccc1C. The summed E-state index contributed by atoms with van der Waals surface area (Å²) in [6.07, 6.45) is 0. The number of hydrogen-bond acceptors (Lipinski definition) is 4. The van der Waals surface area contributed by atoms with Crippen molar-refractivity contribution in [2.45, 2.75) is 27.7 Å². The maximum Gasteiger partial charge on any atom is 0.309 e. The van der Waals surface area contributed by atoms with E-state index in [1.807, 2.05) is 81.4 Å². The van der Waals surface area contributed by atoms with Gasteiger partial charge in [-0.15, -0.1) is 0 Å². The van der Waals surface area contributed by atoms with E-state index >= 15 is 0 Å². The molecule has 5 rings (SSSR count). The van der Waals surface area contributed by atoms with Gasteiger partial charge in [0.15, 0.2) is 0 Å². The predicted octanol–water partition coefficient (Wildman–Crippen LogP) is 7.96. The molecule has 1 aromatic heterocycles. The lowest BCUT2D eigenvalue weighted by molar-refractivity contribution is -0.132. The predicted molar refractivity (Wildman–Crippen MR) is 159 cm³/mol. The van der Waals surface area contributed by atoms with Crippen LogP contribution in [0.2, 0.25) is 5.02 Å². The third-order valence-corrected chi connectivity index (χ3v) is 6.72. The van der Waals surface area contributed by atoms with Crippen LogP contribution in [0.25, 0.3) is 28.1 Å². The largest absolute Gasteiger partial charge is 0.407 e. The van der Waals surface area contributed by atoms with E-state index in [2.05, 4.69) is 11.4 Å². The van der Waals surface area contributed by atoms with Crippen molar-refractivity contribution in [2.24, 2.45) is 0 Å². The number of ether oxygens (including phenoxy) is 1. The summed E-state index contributed by atoms with van der Waals surface area (Å²) < 4.78 is 7.56. The quantitative estimate of drug-likeness (QED) is 0.218. The fourth-order valence-corrected chi connectivity index (χ4v) is 4.74. The van der Waals surface area contributed by atoms with Crippen molar-refractivity contribution < 1.29 is 14.3 Å². The van der Waals surface area contributed by atoms with Gasteiger partial charge in [0.25, 0.3) is 5.91 Å². The number of anilines is 1. The first-order chi connectivity index (χ1) is 19.2. The van der Waals surface area contributed by atoms with Gasteiger partial charge in [-0.1, -0.05) is 65.7 Å². The fraction of sp³-hybridized carbons (Fsp3) is 0.121. The number of amides is 1. The summed E-state index contributed by atoms with van der Waals surface area (Å²) in [7, 11) is 0. The van der Waals surface area contributed by atoms with E-state index in [4.69, 9.17) is 21.4 Å². The average molecular weight is 550 g/mol.